The standard InChI is InChI=1S/C27H29FN6O/c1-35-23-13-11-22(12-14-23)26(27-29-30-31-34(27)16-15-21-7-3-2-4-8-21)33-19-17-32(18-20-33)25-10-6-5-9-24(25)28/h2-14,26H,15-20H2,1H3/t26-/m1/s1. The molecular weight excluding hydrogens is 443 g/mol. The number of nitrogens with zero attached hydrogens (tertiary/aromatic N) is 6. The van der Waals surface area contributed by atoms with Gasteiger partial charge >= 0.3 is 0 Å². The second-order valence-corrected chi connectivity index (χ2v) is 8.65. The average Bonchev–Trinajstić information content (AvgIpc) is 3.37. The Balaban J connectivity index is 1.39. The van der Waals surface area contributed by atoms with Gasteiger partial charge in [-0.15, -0.1) is 5.10 Å². The largest absolute Gasteiger partial charge is 0.497 e. The van der Waals surface area contributed by atoms with E-state index in [1.807, 2.05) is 47.1 Å². The molecule has 35 heavy (non-hydrogen) atoms. The first kappa shape index (κ1) is 23.0. The Morgan fingerprint density at radius 2 is 1.60 bits per heavy atom. The molecule has 0 aliphatic carbocycles. The van der Waals surface area contributed by atoms with Crippen LogP contribution in [0.15, 0.2) is 78.9 Å². The molecule has 0 spiro atoms. The van der Waals surface area contributed by atoms with Crippen molar-refractivity contribution in [3.05, 3.63) is 102 Å². The fraction of sp³-hybridized carbons (Fsp3) is 0.296. The van der Waals surface area contributed by atoms with Gasteiger partial charge in [-0.2, -0.15) is 0 Å². The maximum Gasteiger partial charge on any atom is 0.173 e. The minimum absolute atomic E-state index is 0.116. The number of rotatable bonds is 8. The zero-order valence-corrected chi connectivity index (χ0v) is 19.8. The van der Waals surface area contributed by atoms with E-state index in [-0.39, 0.29) is 11.9 Å². The number of ether oxygens (including phenoxy) is 1. The number of anilines is 1. The van der Waals surface area contributed by atoms with Gasteiger partial charge in [0.25, 0.3) is 0 Å². The van der Waals surface area contributed by atoms with Crippen LogP contribution >= 0.6 is 0 Å². The fourth-order valence-corrected chi connectivity index (χ4v) is 4.68. The third kappa shape index (κ3) is 5.17. The SMILES string of the molecule is COc1ccc([C@H](c2nnnn2CCc2ccccc2)N2CCN(c3ccccc3F)CC2)cc1. The predicted octanol–water partition coefficient (Wildman–Crippen LogP) is 3.98. The van der Waals surface area contributed by atoms with Crippen LogP contribution in [-0.2, 0) is 13.0 Å². The summed E-state index contributed by atoms with van der Waals surface area (Å²) < 4.78 is 21.6. The summed E-state index contributed by atoms with van der Waals surface area (Å²) in [6.45, 7) is 3.65. The molecule has 180 valence electrons. The number of methoxy groups -OCH3 is 1. The van der Waals surface area contributed by atoms with Gasteiger partial charge in [-0.3, -0.25) is 4.90 Å². The van der Waals surface area contributed by atoms with Crippen molar-refractivity contribution in [2.45, 2.75) is 19.0 Å². The van der Waals surface area contributed by atoms with Gasteiger partial charge in [0.05, 0.1) is 18.8 Å². The van der Waals surface area contributed by atoms with Crippen LogP contribution in [0, 0.1) is 5.82 Å². The number of hydrogen-bond donors (Lipinski definition) is 0. The van der Waals surface area contributed by atoms with Crippen LogP contribution in [0.2, 0.25) is 0 Å². The first-order chi connectivity index (χ1) is 17.2. The van der Waals surface area contributed by atoms with Gasteiger partial charge in [0.1, 0.15) is 11.6 Å². The van der Waals surface area contributed by atoms with Crippen molar-refractivity contribution in [2.24, 2.45) is 0 Å². The number of hydrogen-bond acceptors (Lipinski definition) is 6. The predicted molar refractivity (Wildman–Crippen MR) is 133 cm³/mol. The van der Waals surface area contributed by atoms with Gasteiger partial charge in [0.15, 0.2) is 5.82 Å². The molecule has 1 aliphatic rings. The molecule has 0 amide bonds. The van der Waals surface area contributed by atoms with E-state index < -0.39 is 0 Å². The van der Waals surface area contributed by atoms with Crippen molar-refractivity contribution in [1.29, 1.82) is 0 Å². The molecule has 4 aromatic rings. The van der Waals surface area contributed by atoms with Crippen LogP contribution in [0.4, 0.5) is 10.1 Å². The van der Waals surface area contributed by atoms with E-state index in [0.29, 0.717) is 12.2 Å². The number of para-hydroxylation sites is 1. The van der Waals surface area contributed by atoms with E-state index in [1.165, 1.54) is 11.6 Å². The van der Waals surface area contributed by atoms with E-state index in [1.54, 1.807) is 13.2 Å². The number of tetrazole rings is 1. The maximum atomic E-state index is 14.4. The van der Waals surface area contributed by atoms with Crippen LogP contribution in [0.3, 0.4) is 0 Å². The number of aromatic nitrogens is 4. The van der Waals surface area contributed by atoms with Crippen molar-refractivity contribution >= 4 is 5.69 Å². The molecule has 0 N–H and O–H groups in total. The lowest BCUT2D eigenvalue weighted by molar-refractivity contribution is 0.200. The molecular formula is C27H29FN6O. The van der Waals surface area contributed by atoms with Crippen molar-refractivity contribution in [3.63, 3.8) is 0 Å². The molecule has 1 atom stereocenters. The molecule has 8 heteroatoms. The number of benzene rings is 3. The summed E-state index contributed by atoms with van der Waals surface area (Å²) in [4.78, 5) is 4.49. The lowest BCUT2D eigenvalue weighted by Gasteiger charge is -2.40. The summed E-state index contributed by atoms with van der Waals surface area (Å²) in [5, 5.41) is 12.8. The van der Waals surface area contributed by atoms with Gasteiger partial charge < -0.3 is 9.64 Å². The summed E-state index contributed by atoms with van der Waals surface area (Å²) in [7, 11) is 1.67. The number of aryl methyl sites for hydroxylation is 2. The van der Waals surface area contributed by atoms with Crippen molar-refractivity contribution in [1.82, 2.24) is 25.1 Å². The summed E-state index contributed by atoms with van der Waals surface area (Å²) in [6.07, 6.45) is 0.843. The Hall–Kier alpha value is -3.78. The van der Waals surface area contributed by atoms with Crippen LogP contribution in [0.1, 0.15) is 23.0 Å². The zero-order valence-electron chi connectivity index (χ0n) is 19.8. The van der Waals surface area contributed by atoms with Crippen molar-refractivity contribution in [3.8, 4) is 5.75 Å². The molecule has 0 bridgehead atoms. The van der Waals surface area contributed by atoms with Gasteiger partial charge in [-0.05, 0) is 52.2 Å². The highest BCUT2D eigenvalue weighted by Gasteiger charge is 2.31. The lowest BCUT2D eigenvalue weighted by atomic mass is 10.0. The van der Waals surface area contributed by atoms with Crippen LogP contribution in [-0.4, -0.2) is 58.4 Å². The first-order valence-corrected chi connectivity index (χ1v) is 11.9. The quantitative estimate of drug-likeness (QED) is 0.387. The van der Waals surface area contributed by atoms with E-state index in [2.05, 4.69) is 49.6 Å². The molecule has 0 unspecified atom stereocenters. The van der Waals surface area contributed by atoms with Crippen molar-refractivity contribution < 1.29 is 9.13 Å². The minimum atomic E-state index is -0.183. The summed E-state index contributed by atoms with van der Waals surface area (Å²) in [5.74, 6) is 1.43. The second-order valence-electron chi connectivity index (χ2n) is 8.65. The highest BCUT2D eigenvalue weighted by Crippen LogP contribution is 2.31. The smallest absolute Gasteiger partial charge is 0.173 e. The van der Waals surface area contributed by atoms with E-state index >= 15 is 0 Å². The fourth-order valence-electron chi connectivity index (χ4n) is 4.68. The monoisotopic (exact) mass is 472 g/mol. The Kier molecular flexibility index (Phi) is 6.99. The summed E-state index contributed by atoms with van der Waals surface area (Å²) in [6, 6.07) is 25.3. The highest BCUT2D eigenvalue weighted by molar-refractivity contribution is 5.48. The second kappa shape index (κ2) is 10.7. The molecule has 3 aromatic carbocycles. The van der Waals surface area contributed by atoms with Crippen LogP contribution in [0.25, 0.3) is 0 Å². The molecule has 0 saturated carbocycles. The third-order valence-corrected chi connectivity index (χ3v) is 6.56. The lowest BCUT2D eigenvalue weighted by Crippen LogP contribution is -2.48. The topological polar surface area (TPSA) is 59.3 Å². The van der Waals surface area contributed by atoms with Crippen LogP contribution < -0.4 is 9.64 Å². The van der Waals surface area contributed by atoms with Crippen LogP contribution in [0.5, 0.6) is 5.75 Å². The number of piperazine rings is 1. The van der Waals surface area contributed by atoms with E-state index in [4.69, 9.17) is 4.74 Å². The minimum Gasteiger partial charge on any atom is -0.497 e. The van der Waals surface area contributed by atoms with Gasteiger partial charge in [-0.1, -0.05) is 54.6 Å². The maximum absolute atomic E-state index is 14.4. The molecule has 5 rings (SSSR count). The van der Waals surface area contributed by atoms with E-state index in [0.717, 1.165) is 49.7 Å². The molecule has 7 nitrogen and oxygen atoms in total. The molecule has 1 aromatic heterocycles. The third-order valence-electron chi connectivity index (χ3n) is 6.56. The first-order valence-electron chi connectivity index (χ1n) is 11.9. The van der Waals surface area contributed by atoms with E-state index in [9.17, 15) is 4.39 Å². The Morgan fingerprint density at radius 1 is 0.886 bits per heavy atom. The Morgan fingerprint density at radius 3 is 2.31 bits per heavy atom. The van der Waals surface area contributed by atoms with Gasteiger partial charge in [-0.25, -0.2) is 9.07 Å². The summed E-state index contributed by atoms with van der Waals surface area (Å²) in [5.41, 5.74) is 3.00. The summed E-state index contributed by atoms with van der Waals surface area (Å²) >= 11 is 0. The highest BCUT2D eigenvalue weighted by atomic mass is 19.1. The zero-order chi connectivity index (χ0) is 24.0. The number of halogens is 1. The molecule has 0 radical (unpaired) electrons. The normalized spacial score (nSPS) is 15.2. The van der Waals surface area contributed by atoms with Crippen molar-refractivity contribution in [2.75, 3.05) is 38.2 Å². The molecule has 1 saturated heterocycles. The molecule has 2 heterocycles. The average molecular weight is 473 g/mol. The molecule has 1 aliphatic heterocycles. The van der Waals surface area contributed by atoms with Gasteiger partial charge in [0, 0.05) is 32.7 Å². The van der Waals surface area contributed by atoms with Gasteiger partial charge in [0.2, 0.25) is 0 Å². The Labute approximate surface area is 204 Å². The Bertz CT molecular complexity index is 1220. The molecule has 1 fully saturated rings.